The minimum atomic E-state index is -3.84. The molecule has 0 unspecified atom stereocenters. The van der Waals surface area contributed by atoms with Crippen molar-refractivity contribution in [1.82, 2.24) is 4.31 Å². The highest BCUT2D eigenvalue weighted by Gasteiger charge is 2.26. The van der Waals surface area contributed by atoms with Crippen molar-refractivity contribution in [2.75, 3.05) is 13.1 Å². The molecule has 106 valence electrons. The van der Waals surface area contributed by atoms with Gasteiger partial charge in [0.05, 0.1) is 11.4 Å². The minimum Gasteiger partial charge on any atom is -0.369 e. The summed E-state index contributed by atoms with van der Waals surface area (Å²) in [5.41, 5.74) is 5.06. The second-order valence-electron chi connectivity index (χ2n) is 4.61. The Bertz CT molecular complexity index is 541. The Labute approximate surface area is 112 Å². The lowest BCUT2D eigenvalue weighted by atomic mass is 10.2. The van der Waals surface area contributed by atoms with Gasteiger partial charge in [-0.05, 0) is 30.2 Å². The number of rotatable bonds is 6. The van der Waals surface area contributed by atoms with Crippen LogP contribution in [0.25, 0.3) is 0 Å². The van der Waals surface area contributed by atoms with E-state index in [1.165, 1.54) is 12.1 Å². The number of benzene rings is 1. The highest BCUT2D eigenvalue weighted by Crippen LogP contribution is 2.17. The van der Waals surface area contributed by atoms with Gasteiger partial charge in [-0.15, -0.1) is 0 Å². The first kappa shape index (κ1) is 15.6. The van der Waals surface area contributed by atoms with Gasteiger partial charge in [-0.3, -0.25) is 4.79 Å². The molecule has 0 bridgehead atoms. The molecule has 19 heavy (non-hydrogen) atoms. The summed E-state index contributed by atoms with van der Waals surface area (Å²) < 4.78 is 38.4. The molecule has 7 heteroatoms. The molecule has 1 aromatic rings. The van der Waals surface area contributed by atoms with Crippen LogP contribution in [0.2, 0.25) is 0 Å². The maximum absolute atomic E-state index is 12.8. The van der Waals surface area contributed by atoms with Crippen molar-refractivity contribution in [3.8, 4) is 0 Å². The average Bonchev–Trinajstić information content (AvgIpc) is 2.27. The summed E-state index contributed by atoms with van der Waals surface area (Å²) in [6.07, 6.45) is 0. The first-order valence-electron chi connectivity index (χ1n) is 5.77. The van der Waals surface area contributed by atoms with Gasteiger partial charge in [0.1, 0.15) is 5.82 Å². The lowest BCUT2D eigenvalue weighted by Gasteiger charge is -2.22. The van der Waals surface area contributed by atoms with E-state index >= 15 is 0 Å². The second-order valence-corrected chi connectivity index (χ2v) is 6.55. The maximum atomic E-state index is 12.8. The molecule has 0 heterocycles. The second kappa shape index (κ2) is 6.12. The molecule has 0 radical (unpaired) electrons. The van der Waals surface area contributed by atoms with Gasteiger partial charge in [0.25, 0.3) is 0 Å². The van der Waals surface area contributed by atoms with Crippen LogP contribution in [-0.4, -0.2) is 31.7 Å². The number of nitrogens with two attached hydrogens (primary N) is 1. The number of carbonyl (C=O) groups excluding carboxylic acids is 1. The SMILES string of the molecule is CC(C)CN(CC(N)=O)S(=O)(=O)c1ccc(F)cc1. The zero-order chi connectivity index (χ0) is 14.6. The van der Waals surface area contributed by atoms with Gasteiger partial charge >= 0.3 is 0 Å². The third kappa shape index (κ3) is 4.29. The van der Waals surface area contributed by atoms with Crippen LogP contribution in [0.1, 0.15) is 13.8 Å². The van der Waals surface area contributed by atoms with E-state index in [1.54, 1.807) is 0 Å². The molecule has 0 aliphatic heterocycles. The van der Waals surface area contributed by atoms with Crippen molar-refractivity contribution in [1.29, 1.82) is 0 Å². The molecule has 0 aliphatic carbocycles. The third-order valence-electron chi connectivity index (χ3n) is 2.35. The molecule has 0 spiro atoms. The zero-order valence-corrected chi connectivity index (χ0v) is 11.7. The fraction of sp³-hybridized carbons (Fsp3) is 0.417. The highest BCUT2D eigenvalue weighted by molar-refractivity contribution is 7.89. The van der Waals surface area contributed by atoms with Gasteiger partial charge in [-0.1, -0.05) is 13.8 Å². The van der Waals surface area contributed by atoms with Gasteiger partial charge in [0.2, 0.25) is 15.9 Å². The Balaban J connectivity index is 3.11. The molecule has 0 saturated carbocycles. The minimum absolute atomic E-state index is 0.0366. The predicted molar refractivity (Wildman–Crippen MR) is 69.2 cm³/mol. The Kier molecular flexibility index (Phi) is 5.02. The number of primary amides is 1. The standard InChI is InChI=1S/C12H17FN2O3S/c1-9(2)7-15(8-12(14)16)19(17,18)11-5-3-10(13)4-6-11/h3-6,9H,7-8H2,1-2H3,(H2,14,16). The first-order valence-corrected chi connectivity index (χ1v) is 7.21. The van der Waals surface area contributed by atoms with E-state index in [0.717, 1.165) is 16.4 Å². The van der Waals surface area contributed by atoms with Crippen LogP contribution in [0.3, 0.4) is 0 Å². The fourth-order valence-corrected chi connectivity index (χ4v) is 3.15. The molecule has 0 fully saturated rings. The summed E-state index contributed by atoms with van der Waals surface area (Å²) in [6.45, 7) is 3.43. The van der Waals surface area contributed by atoms with Crippen molar-refractivity contribution in [3.63, 3.8) is 0 Å². The average molecular weight is 288 g/mol. The van der Waals surface area contributed by atoms with Crippen molar-refractivity contribution in [2.24, 2.45) is 11.7 Å². The Morgan fingerprint density at radius 1 is 1.32 bits per heavy atom. The van der Waals surface area contributed by atoms with Crippen LogP contribution >= 0.6 is 0 Å². The van der Waals surface area contributed by atoms with Crippen molar-refractivity contribution >= 4 is 15.9 Å². The summed E-state index contributed by atoms with van der Waals surface area (Å²) in [6, 6.07) is 4.45. The van der Waals surface area contributed by atoms with E-state index in [1.807, 2.05) is 13.8 Å². The van der Waals surface area contributed by atoms with Gasteiger partial charge < -0.3 is 5.73 Å². The third-order valence-corrected chi connectivity index (χ3v) is 4.18. The van der Waals surface area contributed by atoms with E-state index in [2.05, 4.69) is 0 Å². The molecule has 2 N–H and O–H groups in total. The Hall–Kier alpha value is -1.47. The molecular weight excluding hydrogens is 271 g/mol. The normalized spacial score (nSPS) is 12.1. The van der Waals surface area contributed by atoms with Crippen LogP contribution in [0.4, 0.5) is 4.39 Å². The predicted octanol–water partition coefficient (Wildman–Crippen LogP) is 0.958. The summed E-state index contributed by atoms with van der Waals surface area (Å²) in [5.74, 6) is -1.22. The monoisotopic (exact) mass is 288 g/mol. The van der Waals surface area contributed by atoms with Gasteiger partial charge in [0.15, 0.2) is 0 Å². The molecule has 0 aliphatic rings. The van der Waals surface area contributed by atoms with E-state index in [4.69, 9.17) is 5.73 Å². The van der Waals surface area contributed by atoms with Gasteiger partial charge in [0, 0.05) is 6.54 Å². The van der Waals surface area contributed by atoms with Gasteiger partial charge in [-0.2, -0.15) is 4.31 Å². The number of hydrogen-bond donors (Lipinski definition) is 1. The number of halogens is 1. The first-order chi connectivity index (χ1) is 8.73. The number of hydrogen-bond acceptors (Lipinski definition) is 3. The maximum Gasteiger partial charge on any atom is 0.243 e. The van der Waals surface area contributed by atoms with E-state index in [9.17, 15) is 17.6 Å². The van der Waals surface area contributed by atoms with Crippen LogP contribution in [0.5, 0.6) is 0 Å². The molecule has 1 amide bonds. The molecular formula is C12H17FN2O3S. The molecule has 0 aromatic heterocycles. The molecule has 1 aromatic carbocycles. The Morgan fingerprint density at radius 3 is 2.26 bits per heavy atom. The number of carbonyl (C=O) groups is 1. The Morgan fingerprint density at radius 2 is 1.84 bits per heavy atom. The van der Waals surface area contributed by atoms with Crippen molar-refractivity contribution < 1.29 is 17.6 Å². The molecule has 0 atom stereocenters. The van der Waals surface area contributed by atoms with Crippen molar-refractivity contribution in [3.05, 3.63) is 30.1 Å². The number of nitrogens with zero attached hydrogens (tertiary/aromatic N) is 1. The van der Waals surface area contributed by atoms with E-state index < -0.39 is 28.3 Å². The van der Waals surface area contributed by atoms with Crippen LogP contribution in [0, 0.1) is 11.7 Å². The summed E-state index contributed by atoms with van der Waals surface area (Å²) in [4.78, 5) is 10.9. The quantitative estimate of drug-likeness (QED) is 0.846. The summed E-state index contributed by atoms with van der Waals surface area (Å²) >= 11 is 0. The molecule has 5 nitrogen and oxygen atoms in total. The van der Waals surface area contributed by atoms with E-state index in [-0.39, 0.29) is 17.4 Å². The van der Waals surface area contributed by atoms with Crippen LogP contribution in [-0.2, 0) is 14.8 Å². The van der Waals surface area contributed by atoms with Crippen LogP contribution < -0.4 is 5.73 Å². The van der Waals surface area contributed by atoms with Crippen molar-refractivity contribution in [2.45, 2.75) is 18.7 Å². The lowest BCUT2D eigenvalue weighted by Crippen LogP contribution is -2.40. The molecule has 1 rings (SSSR count). The van der Waals surface area contributed by atoms with E-state index in [0.29, 0.717) is 0 Å². The molecule has 0 saturated heterocycles. The number of amides is 1. The largest absolute Gasteiger partial charge is 0.369 e. The van der Waals surface area contributed by atoms with Gasteiger partial charge in [-0.25, -0.2) is 12.8 Å². The fourth-order valence-electron chi connectivity index (χ4n) is 1.58. The summed E-state index contributed by atoms with van der Waals surface area (Å²) in [5, 5.41) is 0. The lowest BCUT2D eigenvalue weighted by molar-refractivity contribution is -0.118. The topological polar surface area (TPSA) is 80.5 Å². The number of sulfonamides is 1. The van der Waals surface area contributed by atoms with Crippen LogP contribution in [0.15, 0.2) is 29.2 Å². The highest BCUT2D eigenvalue weighted by atomic mass is 32.2. The smallest absolute Gasteiger partial charge is 0.243 e. The summed E-state index contributed by atoms with van der Waals surface area (Å²) in [7, 11) is -3.84. The zero-order valence-electron chi connectivity index (χ0n) is 10.8.